The number of aromatic nitrogens is 2. The number of fused-ring (bicyclic) bond motifs is 1. The monoisotopic (exact) mass is 363 g/mol. The van der Waals surface area contributed by atoms with Gasteiger partial charge in [0.1, 0.15) is 0 Å². The van der Waals surface area contributed by atoms with E-state index in [9.17, 15) is 4.79 Å². The summed E-state index contributed by atoms with van der Waals surface area (Å²) in [6, 6.07) is 10.1. The lowest BCUT2D eigenvalue weighted by atomic mass is 10.1. The van der Waals surface area contributed by atoms with Crippen molar-refractivity contribution in [3.05, 3.63) is 58.3 Å². The number of nitrogens with zero attached hydrogens (tertiary/aromatic N) is 2. The van der Waals surface area contributed by atoms with Crippen molar-refractivity contribution < 1.29 is 9.53 Å². The predicted octanol–water partition coefficient (Wildman–Crippen LogP) is 5.17. The van der Waals surface area contributed by atoms with Crippen molar-refractivity contribution in [1.29, 1.82) is 0 Å². The van der Waals surface area contributed by atoms with Gasteiger partial charge < -0.3 is 10.1 Å². The van der Waals surface area contributed by atoms with E-state index in [2.05, 4.69) is 21.4 Å². The van der Waals surface area contributed by atoms with Gasteiger partial charge in [-0.25, -0.2) is 14.8 Å². The number of carbonyl (C=O) groups is 1. The van der Waals surface area contributed by atoms with Crippen molar-refractivity contribution in [2.45, 2.75) is 41.0 Å². The zero-order chi connectivity index (χ0) is 19.6. The standard InChI is InChI=1S/C22H25N3O2/c1-6-7-27-22(26)20-21(23-17-9-13(2)8-14(3)10-17)25-19-12-16(5)15(4)11-18(19)24-20/h8-12H,6-7H2,1-5H3,(H,23,25). The number of ether oxygens (including phenoxy) is 1. The van der Waals surface area contributed by atoms with Crippen molar-refractivity contribution in [1.82, 2.24) is 9.97 Å². The second-order valence-corrected chi connectivity index (χ2v) is 6.98. The molecule has 0 aliphatic heterocycles. The lowest BCUT2D eigenvalue weighted by molar-refractivity contribution is 0.0499. The Morgan fingerprint density at radius 1 is 0.926 bits per heavy atom. The number of anilines is 2. The maximum atomic E-state index is 12.6. The molecule has 3 rings (SSSR count). The molecule has 0 bridgehead atoms. The maximum Gasteiger partial charge on any atom is 0.360 e. The molecule has 0 atom stereocenters. The molecule has 0 unspecified atom stereocenters. The lowest BCUT2D eigenvalue weighted by Crippen LogP contribution is -2.13. The molecule has 5 heteroatoms. The molecular formula is C22H25N3O2. The molecule has 140 valence electrons. The van der Waals surface area contributed by atoms with Gasteiger partial charge in [0.05, 0.1) is 17.6 Å². The van der Waals surface area contributed by atoms with E-state index in [1.54, 1.807) is 0 Å². The molecule has 1 heterocycles. The van der Waals surface area contributed by atoms with Crippen LogP contribution >= 0.6 is 0 Å². The first kappa shape index (κ1) is 18.8. The van der Waals surface area contributed by atoms with E-state index in [0.29, 0.717) is 17.9 Å². The summed E-state index contributed by atoms with van der Waals surface area (Å²) in [5, 5.41) is 3.26. The normalized spacial score (nSPS) is 10.9. The fourth-order valence-electron chi connectivity index (χ4n) is 2.99. The smallest absolute Gasteiger partial charge is 0.360 e. The van der Waals surface area contributed by atoms with Gasteiger partial charge >= 0.3 is 5.97 Å². The van der Waals surface area contributed by atoms with E-state index < -0.39 is 5.97 Å². The fourth-order valence-corrected chi connectivity index (χ4v) is 2.99. The molecule has 2 aromatic carbocycles. The van der Waals surface area contributed by atoms with E-state index in [0.717, 1.165) is 39.9 Å². The Labute approximate surface area is 159 Å². The molecule has 0 aliphatic carbocycles. The maximum absolute atomic E-state index is 12.6. The van der Waals surface area contributed by atoms with Crippen molar-refractivity contribution >= 4 is 28.5 Å². The second-order valence-electron chi connectivity index (χ2n) is 6.98. The van der Waals surface area contributed by atoms with Gasteiger partial charge in [0.2, 0.25) is 0 Å². The number of benzene rings is 2. The zero-order valence-corrected chi connectivity index (χ0v) is 16.5. The molecule has 27 heavy (non-hydrogen) atoms. The summed E-state index contributed by atoms with van der Waals surface area (Å²) in [5.74, 6) is -0.0480. The molecule has 0 amide bonds. The molecule has 0 aliphatic rings. The average molecular weight is 363 g/mol. The average Bonchev–Trinajstić information content (AvgIpc) is 2.59. The van der Waals surface area contributed by atoms with Crippen LogP contribution < -0.4 is 5.32 Å². The number of esters is 1. The Morgan fingerprint density at radius 3 is 2.11 bits per heavy atom. The first-order valence-electron chi connectivity index (χ1n) is 9.19. The van der Waals surface area contributed by atoms with Crippen molar-refractivity contribution in [2.75, 3.05) is 11.9 Å². The second kappa shape index (κ2) is 7.74. The Morgan fingerprint density at radius 2 is 1.52 bits per heavy atom. The lowest BCUT2D eigenvalue weighted by Gasteiger charge is -2.13. The molecule has 0 fully saturated rings. The summed E-state index contributed by atoms with van der Waals surface area (Å²) in [6.07, 6.45) is 0.755. The van der Waals surface area contributed by atoms with Crippen LogP contribution in [0, 0.1) is 27.7 Å². The van der Waals surface area contributed by atoms with E-state index in [-0.39, 0.29) is 5.69 Å². The summed E-state index contributed by atoms with van der Waals surface area (Å²) in [4.78, 5) is 21.8. The Hall–Kier alpha value is -2.95. The molecule has 5 nitrogen and oxygen atoms in total. The summed E-state index contributed by atoms with van der Waals surface area (Å²) in [5.41, 5.74) is 7.02. The summed E-state index contributed by atoms with van der Waals surface area (Å²) in [6.45, 7) is 10.4. The molecule has 0 radical (unpaired) electrons. The molecule has 0 saturated carbocycles. The Kier molecular flexibility index (Phi) is 5.40. The molecule has 1 aromatic heterocycles. The molecular weight excluding hydrogens is 338 g/mol. The van der Waals surface area contributed by atoms with Gasteiger partial charge in [-0.3, -0.25) is 0 Å². The third kappa shape index (κ3) is 4.25. The van der Waals surface area contributed by atoms with E-state index in [1.807, 2.05) is 58.9 Å². The van der Waals surface area contributed by atoms with Crippen LogP contribution in [-0.2, 0) is 4.74 Å². The van der Waals surface area contributed by atoms with Crippen LogP contribution in [0.1, 0.15) is 46.1 Å². The van der Waals surface area contributed by atoms with Gasteiger partial charge in [-0.05, 0) is 80.6 Å². The van der Waals surface area contributed by atoms with Gasteiger partial charge in [-0.1, -0.05) is 13.0 Å². The Bertz CT molecular complexity index is 992. The quantitative estimate of drug-likeness (QED) is 0.633. The largest absolute Gasteiger partial charge is 0.461 e. The number of nitrogens with one attached hydrogen (secondary N) is 1. The van der Waals surface area contributed by atoms with Crippen LogP contribution in [0.3, 0.4) is 0 Å². The highest BCUT2D eigenvalue weighted by Gasteiger charge is 2.19. The highest BCUT2D eigenvalue weighted by Crippen LogP contribution is 2.25. The highest BCUT2D eigenvalue weighted by molar-refractivity contribution is 5.96. The van der Waals surface area contributed by atoms with Crippen molar-refractivity contribution in [3.63, 3.8) is 0 Å². The van der Waals surface area contributed by atoms with E-state index in [1.165, 1.54) is 0 Å². The van der Waals surface area contributed by atoms with Gasteiger partial charge in [0.15, 0.2) is 11.5 Å². The summed E-state index contributed by atoms with van der Waals surface area (Å²) < 4.78 is 5.32. The summed E-state index contributed by atoms with van der Waals surface area (Å²) >= 11 is 0. The first-order valence-corrected chi connectivity index (χ1v) is 9.19. The van der Waals surface area contributed by atoms with Crippen LogP contribution in [0.15, 0.2) is 30.3 Å². The zero-order valence-electron chi connectivity index (χ0n) is 16.5. The third-order valence-electron chi connectivity index (χ3n) is 4.39. The van der Waals surface area contributed by atoms with Crippen molar-refractivity contribution in [3.8, 4) is 0 Å². The number of hydrogen-bond acceptors (Lipinski definition) is 5. The summed E-state index contributed by atoms with van der Waals surface area (Å²) in [7, 11) is 0. The van der Waals surface area contributed by atoms with Gasteiger partial charge in [-0.2, -0.15) is 0 Å². The number of carbonyl (C=O) groups excluding carboxylic acids is 1. The molecule has 1 N–H and O–H groups in total. The predicted molar refractivity (Wildman–Crippen MR) is 109 cm³/mol. The fraction of sp³-hybridized carbons (Fsp3) is 0.318. The van der Waals surface area contributed by atoms with Gasteiger partial charge in [0, 0.05) is 5.69 Å². The number of hydrogen-bond donors (Lipinski definition) is 1. The molecule has 0 saturated heterocycles. The van der Waals surface area contributed by atoms with Crippen LogP contribution in [0.2, 0.25) is 0 Å². The van der Waals surface area contributed by atoms with Gasteiger partial charge in [-0.15, -0.1) is 0 Å². The minimum absolute atomic E-state index is 0.207. The highest BCUT2D eigenvalue weighted by atomic mass is 16.5. The van der Waals surface area contributed by atoms with Crippen LogP contribution in [0.5, 0.6) is 0 Å². The van der Waals surface area contributed by atoms with E-state index in [4.69, 9.17) is 4.74 Å². The minimum atomic E-state index is -0.462. The number of aryl methyl sites for hydroxylation is 4. The van der Waals surface area contributed by atoms with Gasteiger partial charge in [0.25, 0.3) is 0 Å². The first-order chi connectivity index (χ1) is 12.9. The van der Waals surface area contributed by atoms with Crippen molar-refractivity contribution in [2.24, 2.45) is 0 Å². The van der Waals surface area contributed by atoms with Crippen LogP contribution in [0.4, 0.5) is 11.5 Å². The minimum Gasteiger partial charge on any atom is -0.461 e. The van der Waals surface area contributed by atoms with Crippen LogP contribution in [0.25, 0.3) is 11.0 Å². The number of rotatable bonds is 5. The van der Waals surface area contributed by atoms with Crippen LogP contribution in [-0.4, -0.2) is 22.5 Å². The SMILES string of the molecule is CCCOC(=O)c1nc2cc(C)c(C)cc2nc1Nc1cc(C)cc(C)c1. The van der Waals surface area contributed by atoms with E-state index >= 15 is 0 Å². The molecule has 3 aromatic rings. The molecule has 0 spiro atoms. The third-order valence-corrected chi connectivity index (χ3v) is 4.39. The topological polar surface area (TPSA) is 64.1 Å². The Balaban J connectivity index is 2.11.